The molecule has 3 atom stereocenters. The number of benzene rings is 2. The van der Waals surface area contributed by atoms with Gasteiger partial charge in [-0.05, 0) is 50.4 Å². The van der Waals surface area contributed by atoms with Gasteiger partial charge in [-0.3, -0.25) is 4.90 Å². The Morgan fingerprint density at radius 1 is 1.20 bits per heavy atom. The molecule has 0 radical (unpaired) electrons. The molecule has 11 heteroatoms. The zero-order chi connectivity index (χ0) is 27.2. The summed E-state index contributed by atoms with van der Waals surface area (Å²) in [4.78, 5) is 14.3. The van der Waals surface area contributed by atoms with Crippen molar-refractivity contribution in [1.82, 2.24) is 20.2 Å². The number of rotatable bonds is 4. The molecular weight excluding hydrogens is 540 g/mol. The van der Waals surface area contributed by atoms with Crippen molar-refractivity contribution in [3.05, 3.63) is 35.1 Å². The minimum absolute atomic E-state index is 0.00517. The molecule has 2 N–H and O–H groups in total. The van der Waals surface area contributed by atoms with Crippen LogP contribution < -0.4 is 19.7 Å². The Morgan fingerprint density at radius 2 is 2.08 bits per heavy atom. The average molecular weight is 570 g/mol. The summed E-state index contributed by atoms with van der Waals surface area (Å²) >= 11 is 6.89. The molecule has 4 fully saturated rings. The van der Waals surface area contributed by atoms with Crippen molar-refractivity contribution in [2.75, 3.05) is 44.2 Å². The SMILES string of the molecule is Oc1cccc(F)c1-c1cc2nc(OC3(C45CCCN4CC(F)C5)CC3)nc3c2c(c1Cl)OCC1CNCCN31. The Hall–Kier alpha value is -2.95. The molecule has 8 nitrogen and oxygen atoms in total. The minimum Gasteiger partial charge on any atom is -0.507 e. The van der Waals surface area contributed by atoms with E-state index in [1.165, 1.54) is 18.2 Å². The Labute approximate surface area is 235 Å². The Morgan fingerprint density at radius 3 is 2.90 bits per heavy atom. The predicted octanol–water partition coefficient (Wildman–Crippen LogP) is 4.45. The normalized spacial score (nSPS) is 28.6. The van der Waals surface area contributed by atoms with Crippen LogP contribution in [-0.4, -0.2) is 82.7 Å². The molecule has 3 aromatic rings. The molecule has 5 aliphatic rings. The molecule has 3 saturated heterocycles. The lowest BCUT2D eigenvalue weighted by Gasteiger charge is -2.40. The summed E-state index contributed by atoms with van der Waals surface area (Å²) in [5, 5.41) is 14.8. The highest BCUT2D eigenvalue weighted by Gasteiger charge is 2.68. The maximum atomic E-state index is 15.0. The number of halogens is 3. The Balaban J connectivity index is 1.31. The molecule has 8 rings (SSSR count). The Kier molecular flexibility index (Phi) is 5.44. The molecular formula is C29H30ClF2N5O3. The van der Waals surface area contributed by atoms with Gasteiger partial charge in [0, 0.05) is 38.2 Å². The van der Waals surface area contributed by atoms with Crippen molar-refractivity contribution in [2.45, 2.75) is 55.5 Å². The number of anilines is 1. The summed E-state index contributed by atoms with van der Waals surface area (Å²) in [5.41, 5.74) is -0.112. The number of piperazine rings is 1. The van der Waals surface area contributed by atoms with E-state index in [2.05, 4.69) is 15.1 Å². The number of hydrogen-bond donors (Lipinski definition) is 2. The van der Waals surface area contributed by atoms with Crippen LogP contribution in [0.1, 0.15) is 32.1 Å². The lowest BCUT2D eigenvalue weighted by atomic mass is 9.85. The number of fused-ring (bicyclic) bond motifs is 3. The van der Waals surface area contributed by atoms with Gasteiger partial charge < -0.3 is 24.8 Å². The number of nitrogens with one attached hydrogen (secondary N) is 1. The fourth-order valence-corrected chi connectivity index (χ4v) is 7.97. The van der Waals surface area contributed by atoms with Crippen LogP contribution in [0.2, 0.25) is 5.02 Å². The van der Waals surface area contributed by atoms with Gasteiger partial charge in [0.2, 0.25) is 0 Å². The maximum Gasteiger partial charge on any atom is 0.319 e. The van der Waals surface area contributed by atoms with E-state index >= 15 is 4.39 Å². The number of alkyl halides is 1. The largest absolute Gasteiger partial charge is 0.507 e. The highest BCUT2D eigenvalue weighted by molar-refractivity contribution is 6.36. The maximum absolute atomic E-state index is 15.0. The summed E-state index contributed by atoms with van der Waals surface area (Å²) < 4.78 is 42.7. The van der Waals surface area contributed by atoms with Gasteiger partial charge in [0.1, 0.15) is 35.8 Å². The van der Waals surface area contributed by atoms with Crippen LogP contribution in [0, 0.1) is 5.82 Å². The van der Waals surface area contributed by atoms with Crippen molar-refractivity contribution in [3.8, 4) is 28.6 Å². The zero-order valence-corrected chi connectivity index (χ0v) is 22.7. The molecule has 210 valence electrons. The monoisotopic (exact) mass is 569 g/mol. The molecule has 0 amide bonds. The molecule has 1 aromatic heterocycles. The van der Waals surface area contributed by atoms with E-state index in [1.807, 2.05) is 0 Å². The topological polar surface area (TPSA) is 83.0 Å². The lowest BCUT2D eigenvalue weighted by molar-refractivity contribution is 0.00766. The van der Waals surface area contributed by atoms with Gasteiger partial charge in [-0.2, -0.15) is 9.97 Å². The quantitative estimate of drug-likeness (QED) is 0.477. The first-order chi connectivity index (χ1) is 19.4. The van der Waals surface area contributed by atoms with Gasteiger partial charge in [-0.15, -0.1) is 0 Å². The van der Waals surface area contributed by atoms with Gasteiger partial charge in [-0.25, -0.2) is 8.78 Å². The third-order valence-electron chi connectivity index (χ3n) is 9.58. The van der Waals surface area contributed by atoms with Gasteiger partial charge >= 0.3 is 6.01 Å². The van der Waals surface area contributed by atoms with E-state index in [0.29, 0.717) is 55.1 Å². The minimum atomic E-state index is -0.858. The number of aromatic nitrogens is 2. The molecule has 1 saturated carbocycles. The van der Waals surface area contributed by atoms with E-state index in [9.17, 15) is 9.50 Å². The Bertz CT molecular complexity index is 1520. The van der Waals surface area contributed by atoms with E-state index in [1.54, 1.807) is 6.07 Å². The summed E-state index contributed by atoms with van der Waals surface area (Å²) in [6.45, 7) is 3.87. The van der Waals surface area contributed by atoms with Crippen LogP contribution in [0.3, 0.4) is 0 Å². The van der Waals surface area contributed by atoms with Gasteiger partial charge in [0.05, 0.1) is 33.1 Å². The third kappa shape index (κ3) is 3.48. The van der Waals surface area contributed by atoms with Crippen LogP contribution in [0.15, 0.2) is 24.3 Å². The van der Waals surface area contributed by atoms with Crippen molar-refractivity contribution in [2.24, 2.45) is 0 Å². The molecule has 4 aliphatic heterocycles. The van der Waals surface area contributed by atoms with Crippen molar-refractivity contribution < 1.29 is 23.4 Å². The first kappa shape index (κ1) is 24.8. The fraction of sp³-hybridized carbons (Fsp3) is 0.517. The summed E-state index contributed by atoms with van der Waals surface area (Å²) in [6.07, 6.45) is 3.19. The summed E-state index contributed by atoms with van der Waals surface area (Å²) in [5.74, 6) is 0.199. The van der Waals surface area contributed by atoms with Crippen molar-refractivity contribution >= 4 is 28.3 Å². The number of aromatic hydroxyl groups is 1. The van der Waals surface area contributed by atoms with Crippen LogP contribution >= 0.6 is 11.6 Å². The van der Waals surface area contributed by atoms with Gasteiger partial charge in [-0.1, -0.05) is 17.7 Å². The van der Waals surface area contributed by atoms with Crippen molar-refractivity contribution in [3.63, 3.8) is 0 Å². The average Bonchev–Trinajstić information content (AvgIpc) is 3.54. The van der Waals surface area contributed by atoms with Gasteiger partial charge in [0.25, 0.3) is 0 Å². The molecule has 5 heterocycles. The molecule has 0 spiro atoms. The van der Waals surface area contributed by atoms with Crippen LogP contribution in [0.25, 0.3) is 22.0 Å². The van der Waals surface area contributed by atoms with E-state index < -0.39 is 17.6 Å². The first-order valence-corrected chi connectivity index (χ1v) is 14.5. The summed E-state index contributed by atoms with van der Waals surface area (Å²) in [6, 6.07) is 6.04. The number of ether oxygens (including phenoxy) is 2. The summed E-state index contributed by atoms with van der Waals surface area (Å²) in [7, 11) is 0. The zero-order valence-electron chi connectivity index (χ0n) is 21.9. The fourth-order valence-electron chi connectivity index (χ4n) is 7.67. The van der Waals surface area contributed by atoms with Gasteiger partial charge in [0.15, 0.2) is 5.75 Å². The second kappa shape index (κ2) is 8.77. The highest BCUT2D eigenvalue weighted by Crippen LogP contribution is 2.59. The number of phenolic OH excluding ortho intramolecular Hbond substituents is 1. The number of hydrogen-bond acceptors (Lipinski definition) is 8. The molecule has 1 aliphatic carbocycles. The molecule has 2 aromatic carbocycles. The van der Waals surface area contributed by atoms with Crippen LogP contribution in [0.4, 0.5) is 14.6 Å². The van der Waals surface area contributed by atoms with Crippen LogP contribution in [0.5, 0.6) is 17.5 Å². The third-order valence-corrected chi connectivity index (χ3v) is 9.96. The smallest absolute Gasteiger partial charge is 0.319 e. The second-order valence-electron chi connectivity index (χ2n) is 11.8. The van der Waals surface area contributed by atoms with E-state index in [0.717, 1.165) is 38.8 Å². The van der Waals surface area contributed by atoms with E-state index in [-0.39, 0.29) is 39.5 Å². The molecule has 0 bridgehead atoms. The van der Waals surface area contributed by atoms with Crippen molar-refractivity contribution in [1.29, 1.82) is 0 Å². The van der Waals surface area contributed by atoms with E-state index in [4.69, 9.17) is 31.0 Å². The lowest BCUT2D eigenvalue weighted by Crippen LogP contribution is -2.54. The molecule has 3 unspecified atom stereocenters. The highest BCUT2D eigenvalue weighted by atomic mass is 35.5. The second-order valence-corrected chi connectivity index (χ2v) is 12.1. The number of phenols is 1. The van der Waals surface area contributed by atoms with Crippen LogP contribution in [-0.2, 0) is 0 Å². The first-order valence-electron chi connectivity index (χ1n) is 14.1. The molecule has 40 heavy (non-hydrogen) atoms. The standard InChI is InChI=1S/C29H30ClF2N5O3/c30-24-18(22-19(32)3-1-4-21(22)38)11-20-23-25(24)39-15-17-13-33-8-10-37(17)26(23)35-27(34-20)40-29(6-7-29)28-5-2-9-36(28)14-16(31)12-28/h1,3-4,11,16-17,33,38H,2,5-10,12-15H2. The predicted molar refractivity (Wildman–Crippen MR) is 147 cm³/mol. The number of nitrogens with zero attached hydrogens (tertiary/aromatic N) is 4.